The molecular weight excluding hydrogens is 374 g/mol. The van der Waals surface area contributed by atoms with Gasteiger partial charge in [0.15, 0.2) is 0 Å². The lowest BCUT2D eigenvalue weighted by Crippen LogP contribution is -2.40. The van der Waals surface area contributed by atoms with E-state index in [0.29, 0.717) is 11.5 Å². The Labute approximate surface area is 163 Å². The topological polar surface area (TPSA) is 69.7 Å². The Kier molecular flexibility index (Phi) is 8.53. The van der Waals surface area contributed by atoms with Gasteiger partial charge in [-0.05, 0) is 70.5 Å². The van der Waals surface area contributed by atoms with Crippen LogP contribution < -0.4 is 5.32 Å². The molecule has 148 valence electrons. The Morgan fingerprint density at radius 3 is 2.23 bits per heavy atom. The molecule has 1 aliphatic rings. The molecule has 1 saturated heterocycles. The first kappa shape index (κ1) is 22.9. The zero-order valence-corrected chi connectivity index (χ0v) is 17.6. The highest BCUT2D eigenvalue weighted by Crippen LogP contribution is 2.21. The van der Waals surface area contributed by atoms with Gasteiger partial charge in [0, 0.05) is 31.7 Å². The fourth-order valence-electron chi connectivity index (χ4n) is 3.02. The van der Waals surface area contributed by atoms with Gasteiger partial charge in [-0.2, -0.15) is 4.31 Å². The fraction of sp³-hybridized carbons (Fsp3) is 0.611. The van der Waals surface area contributed by atoms with Crippen LogP contribution >= 0.6 is 12.4 Å². The van der Waals surface area contributed by atoms with Crippen molar-refractivity contribution < 1.29 is 13.2 Å². The maximum Gasteiger partial charge on any atom is 0.253 e. The largest absolute Gasteiger partial charge is 0.339 e. The SMILES string of the molecule is CNCC1CCN(C(=O)c2ccc(S(=O)(=O)N(C)C(C)C)cc2)CC1.Cl. The maximum atomic E-state index is 12.6. The number of hydrogen-bond donors (Lipinski definition) is 1. The standard InChI is InChI=1S/C18H29N3O3S.ClH/c1-14(2)20(4)25(23,24)17-7-5-16(6-8-17)18(22)21-11-9-15(10-12-21)13-19-3;/h5-8,14-15,19H,9-13H2,1-4H3;1H. The Morgan fingerprint density at radius 2 is 1.77 bits per heavy atom. The Balaban J connectivity index is 0.00000338. The second-order valence-electron chi connectivity index (χ2n) is 6.93. The second-order valence-corrected chi connectivity index (χ2v) is 8.93. The number of sulfonamides is 1. The fourth-order valence-corrected chi connectivity index (χ4v) is 4.39. The van der Waals surface area contributed by atoms with E-state index in [0.717, 1.165) is 32.5 Å². The van der Waals surface area contributed by atoms with E-state index >= 15 is 0 Å². The first-order valence-corrected chi connectivity index (χ1v) is 10.2. The number of halogens is 1. The van der Waals surface area contributed by atoms with Crippen LogP contribution in [0.1, 0.15) is 37.0 Å². The summed E-state index contributed by atoms with van der Waals surface area (Å²) in [7, 11) is -0.00557. The Bertz CT molecular complexity index is 684. The van der Waals surface area contributed by atoms with Crippen LogP contribution in [0.2, 0.25) is 0 Å². The van der Waals surface area contributed by atoms with E-state index in [-0.39, 0.29) is 29.3 Å². The number of carbonyl (C=O) groups is 1. The maximum absolute atomic E-state index is 12.6. The predicted octanol–water partition coefficient (Wildman–Crippen LogP) is 2.21. The number of likely N-dealkylation sites (tertiary alicyclic amines) is 1. The van der Waals surface area contributed by atoms with Crippen molar-refractivity contribution in [3.05, 3.63) is 29.8 Å². The third kappa shape index (κ3) is 5.19. The van der Waals surface area contributed by atoms with Gasteiger partial charge in [0.1, 0.15) is 0 Å². The van der Waals surface area contributed by atoms with E-state index in [2.05, 4.69) is 5.32 Å². The summed E-state index contributed by atoms with van der Waals surface area (Å²) in [5, 5.41) is 3.19. The summed E-state index contributed by atoms with van der Waals surface area (Å²) in [6, 6.07) is 6.15. The second kappa shape index (κ2) is 9.69. The van der Waals surface area contributed by atoms with Crippen molar-refractivity contribution in [2.45, 2.75) is 37.6 Å². The molecule has 1 aromatic rings. The molecule has 0 saturated carbocycles. The molecule has 1 N–H and O–H groups in total. The number of hydrogen-bond acceptors (Lipinski definition) is 4. The average Bonchev–Trinajstić information content (AvgIpc) is 2.61. The monoisotopic (exact) mass is 403 g/mol. The van der Waals surface area contributed by atoms with Gasteiger partial charge in [-0.25, -0.2) is 8.42 Å². The van der Waals surface area contributed by atoms with E-state index in [9.17, 15) is 13.2 Å². The molecule has 0 atom stereocenters. The van der Waals surface area contributed by atoms with Gasteiger partial charge < -0.3 is 10.2 Å². The number of amides is 1. The number of benzene rings is 1. The molecule has 0 spiro atoms. The highest BCUT2D eigenvalue weighted by Gasteiger charge is 2.25. The van der Waals surface area contributed by atoms with Crippen LogP contribution in [0, 0.1) is 5.92 Å². The molecule has 1 aliphatic heterocycles. The molecule has 0 aromatic heterocycles. The van der Waals surface area contributed by atoms with Crippen molar-refractivity contribution in [3.63, 3.8) is 0 Å². The molecule has 1 heterocycles. The van der Waals surface area contributed by atoms with Crippen LogP contribution in [0.5, 0.6) is 0 Å². The van der Waals surface area contributed by atoms with Crippen LogP contribution in [0.15, 0.2) is 29.2 Å². The third-order valence-electron chi connectivity index (χ3n) is 4.90. The van der Waals surface area contributed by atoms with Crippen molar-refractivity contribution in [2.24, 2.45) is 5.92 Å². The van der Waals surface area contributed by atoms with Gasteiger partial charge in [-0.1, -0.05) is 0 Å². The minimum Gasteiger partial charge on any atom is -0.339 e. The van der Waals surface area contributed by atoms with Crippen molar-refractivity contribution in [3.8, 4) is 0 Å². The highest BCUT2D eigenvalue weighted by atomic mass is 35.5. The van der Waals surface area contributed by atoms with E-state index in [1.54, 1.807) is 19.2 Å². The number of carbonyl (C=O) groups excluding carboxylic acids is 1. The van der Waals surface area contributed by atoms with Gasteiger partial charge in [-0.3, -0.25) is 4.79 Å². The summed E-state index contributed by atoms with van der Waals surface area (Å²) >= 11 is 0. The van der Waals surface area contributed by atoms with Crippen molar-refractivity contribution in [1.82, 2.24) is 14.5 Å². The Morgan fingerprint density at radius 1 is 1.23 bits per heavy atom. The molecule has 0 unspecified atom stereocenters. The van der Waals surface area contributed by atoms with Gasteiger partial charge in [0.25, 0.3) is 5.91 Å². The molecule has 26 heavy (non-hydrogen) atoms. The normalized spacial score (nSPS) is 16.0. The number of rotatable bonds is 6. The summed E-state index contributed by atoms with van der Waals surface area (Å²) in [6.07, 6.45) is 2.00. The van der Waals surface area contributed by atoms with Crippen LogP contribution in [0.4, 0.5) is 0 Å². The highest BCUT2D eigenvalue weighted by molar-refractivity contribution is 7.89. The van der Waals surface area contributed by atoms with Crippen molar-refractivity contribution >= 4 is 28.3 Å². The molecule has 1 fully saturated rings. The van der Waals surface area contributed by atoms with Crippen molar-refractivity contribution in [2.75, 3.05) is 33.7 Å². The molecule has 6 nitrogen and oxygen atoms in total. The number of nitrogens with one attached hydrogen (secondary N) is 1. The molecule has 0 radical (unpaired) electrons. The molecule has 0 bridgehead atoms. The molecule has 1 aromatic carbocycles. The lowest BCUT2D eigenvalue weighted by molar-refractivity contribution is 0.0691. The van der Waals surface area contributed by atoms with Crippen LogP contribution in [0.25, 0.3) is 0 Å². The summed E-state index contributed by atoms with van der Waals surface area (Å²) in [4.78, 5) is 14.7. The molecule has 1 amide bonds. The minimum atomic E-state index is -3.52. The van der Waals surface area contributed by atoms with E-state index < -0.39 is 10.0 Å². The zero-order chi connectivity index (χ0) is 18.6. The van der Waals surface area contributed by atoms with Gasteiger partial charge >= 0.3 is 0 Å². The summed E-state index contributed by atoms with van der Waals surface area (Å²) in [5.41, 5.74) is 0.540. The molecule has 8 heteroatoms. The first-order chi connectivity index (χ1) is 11.8. The van der Waals surface area contributed by atoms with E-state index in [1.165, 1.54) is 16.4 Å². The quantitative estimate of drug-likeness (QED) is 0.790. The summed E-state index contributed by atoms with van der Waals surface area (Å²) in [5.74, 6) is 0.595. The molecule has 2 rings (SSSR count). The summed E-state index contributed by atoms with van der Waals surface area (Å²) in [6.45, 7) is 6.14. The summed E-state index contributed by atoms with van der Waals surface area (Å²) < 4.78 is 26.3. The minimum absolute atomic E-state index is 0. The average molecular weight is 404 g/mol. The number of piperidine rings is 1. The van der Waals surface area contributed by atoms with Crippen LogP contribution in [-0.4, -0.2) is 63.3 Å². The zero-order valence-electron chi connectivity index (χ0n) is 15.9. The van der Waals surface area contributed by atoms with Crippen LogP contribution in [0.3, 0.4) is 0 Å². The Hall–Kier alpha value is -1.15. The third-order valence-corrected chi connectivity index (χ3v) is 6.95. The lowest BCUT2D eigenvalue weighted by Gasteiger charge is -2.32. The lowest BCUT2D eigenvalue weighted by atomic mass is 9.96. The predicted molar refractivity (Wildman–Crippen MR) is 106 cm³/mol. The van der Waals surface area contributed by atoms with Crippen LogP contribution in [-0.2, 0) is 10.0 Å². The smallest absolute Gasteiger partial charge is 0.253 e. The van der Waals surface area contributed by atoms with Gasteiger partial charge in [-0.15, -0.1) is 12.4 Å². The first-order valence-electron chi connectivity index (χ1n) is 8.79. The molecule has 0 aliphatic carbocycles. The van der Waals surface area contributed by atoms with Gasteiger partial charge in [0.05, 0.1) is 4.90 Å². The molecular formula is C18H30ClN3O3S. The number of nitrogens with zero attached hydrogens (tertiary/aromatic N) is 2. The van der Waals surface area contributed by atoms with Crippen molar-refractivity contribution in [1.29, 1.82) is 0 Å². The van der Waals surface area contributed by atoms with Gasteiger partial charge in [0.2, 0.25) is 10.0 Å². The van der Waals surface area contributed by atoms with E-state index in [1.807, 2.05) is 25.8 Å². The van der Waals surface area contributed by atoms with E-state index in [4.69, 9.17) is 0 Å².